The van der Waals surface area contributed by atoms with Gasteiger partial charge in [-0.05, 0) is 47.5 Å². The zero-order chi connectivity index (χ0) is 22.8. The molecule has 1 saturated heterocycles. The predicted molar refractivity (Wildman–Crippen MR) is 127 cm³/mol. The zero-order valence-corrected chi connectivity index (χ0v) is 18.6. The fourth-order valence-electron chi connectivity index (χ4n) is 4.04. The number of para-hydroxylation sites is 1. The summed E-state index contributed by atoms with van der Waals surface area (Å²) < 4.78 is 42.4. The van der Waals surface area contributed by atoms with E-state index in [0.717, 1.165) is 16.9 Å². The summed E-state index contributed by atoms with van der Waals surface area (Å²) in [6, 6.07) is 23.0. The normalized spacial score (nSPS) is 21.3. The second-order valence-corrected chi connectivity index (χ2v) is 9.68. The van der Waals surface area contributed by atoms with Gasteiger partial charge in [0.25, 0.3) is 16.0 Å². The highest BCUT2D eigenvalue weighted by Gasteiger charge is 2.43. The largest absolute Gasteiger partial charge is 0.457 e. The molecular weight excluding hydrogens is 454 g/mol. The number of ether oxygens (including phenoxy) is 2. The smallest absolute Gasteiger partial charge is 0.297 e. The first-order chi connectivity index (χ1) is 16.0. The first kappa shape index (κ1) is 23.9. The molecule has 2 unspecified atom stereocenters. The number of carbonyl (C=O) groups excluding carboxylic acids is 1. The van der Waals surface area contributed by atoms with Crippen molar-refractivity contribution in [2.75, 3.05) is 6.61 Å². The van der Waals surface area contributed by atoms with E-state index in [0.29, 0.717) is 25.5 Å². The van der Waals surface area contributed by atoms with Crippen molar-refractivity contribution < 1.29 is 26.9 Å². The summed E-state index contributed by atoms with van der Waals surface area (Å²) in [7, 11) is -4.04. The van der Waals surface area contributed by atoms with E-state index in [2.05, 4.69) is 0 Å². The monoisotopic (exact) mass is 481 g/mol. The number of likely N-dealkylation sites (tertiary alicyclic amines) is 1. The van der Waals surface area contributed by atoms with Gasteiger partial charge in [0.05, 0.1) is 24.2 Å². The molecule has 1 fully saturated rings. The Morgan fingerprint density at radius 3 is 2.29 bits per heavy atom. The molecule has 3 aromatic rings. The minimum atomic E-state index is -4.04. The van der Waals surface area contributed by atoms with E-state index in [-0.39, 0.29) is 30.7 Å². The van der Waals surface area contributed by atoms with Crippen LogP contribution in [0, 0.1) is 0 Å². The summed E-state index contributed by atoms with van der Waals surface area (Å²) in [4.78, 5) is 14.8. The molecule has 0 radical (unpaired) electrons. The molecule has 0 aromatic heterocycles. The van der Waals surface area contributed by atoms with Gasteiger partial charge in [-0.3, -0.25) is 8.98 Å². The van der Waals surface area contributed by atoms with Crippen molar-refractivity contribution in [3.8, 4) is 11.5 Å². The minimum absolute atomic E-state index is 0. The molecule has 0 spiro atoms. The maximum atomic E-state index is 13.1. The van der Waals surface area contributed by atoms with E-state index >= 15 is 0 Å². The third-order valence-electron chi connectivity index (χ3n) is 5.77. The average Bonchev–Trinajstić information content (AvgIpc) is 3.09. The fraction of sp³-hybridized carbons (Fsp3) is 0.269. The van der Waals surface area contributed by atoms with E-state index in [1.807, 2.05) is 54.6 Å². The van der Waals surface area contributed by atoms with Crippen molar-refractivity contribution in [3.63, 3.8) is 0 Å². The van der Waals surface area contributed by atoms with Crippen LogP contribution in [0.5, 0.6) is 11.5 Å². The van der Waals surface area contributed by atoms with Gasteiger partial charge >= 0.3 is 0 Å². The number of hydrogen-bond acceptors (Lipinski definition) is 6. The van der Waals surface area contributed by atoms with Crippen LogP contribution in [0.15, 0.2) is 83.8 Å². The lowest BCUT2D eigenvalue weighted by Gasteiger charge is -2.24. The Morgan fingerprint density at radius 2 is 1.59 bits per heavy atom. The molecule has 8 heteroatoms. The first-order valence-corrected chi connectivity index (χ1v) is 12.1. The van der Waals surface area contributed by atoms with E-state index in [1.54, 1.807) is 17.0 Å². The lowest BCUT2D eigenvalue weighted by Crippen LogP contribution is -2.37. The van der Waals surface area contributed by atoms with Gasteiger partial charge in [-0.15, -0.1) is 0 Å². The van der Waals surface area contributed by atoms with Crippen LogP contribution in [0.25, 0.3) is 0 Å². The molecule has 34 heavy (non-hydrogen) atoms. The van der Waals surface area contributed by atoms with Crippen LogP contribution in [0.1, 0.15) is 25.0 Å². The Balaban J connectivity index is 0.00000274. The van der Waals surface area contributed by atoms with E-state index in [9.17, 15) is 13.2 Å². The van der Waals surface area contributed by atoms with Crippen molar-refractivity contribution in [2.45, 2.75) is 44.0 Å². The molecule has 0 N–H and O–H groups in total. The Hall–Kier alpha value is -3.20. The third kappa shape index (κ3) is 5.14. The quantitative estimate of drug-likeness (QED) is 0.510. The van der Waals surface area contributed by atoms with Crippen LogP contribution in [-0.4, -0.2) is 38.0 Å². The summed E-state index contributed by atoms with van der Waals surface area (Å²) in [6.45, 7) is 0.959. The van der Waals surface area contributed by atoms with Crippen molar-refractivity contribution in [1.82, 2.24) is 4.90 Å². The fourth-order valence-corrected chi connectivity index (χ4v) is 5.09. The molecule has 3 heterocycles. The summed E-state index contributed by atoms with van der Waals surface area (Å²) in [6.07, 6.45) is -0.813. The number of fused-ring (bicyclic) bond motifs is 5. The number of hydrogen-bond donors (Lipinski definition) is 0. The molecule has 1 amide bonds. The highest BCUT2D eigenvalue weighted by Crippen LogP contribution is 2.29. The molecule has 178 valence electrons. The Labute approximate surface area is 200 Å². The van der Waals surface area contributed by atoms with E-state index < -0.39 is 16.2 Å². The van der Waals surface area contributed by atoms with Crippen LogP contribution in [0.2, 0.25) is 0 Å². The van der Waals surface area contributed by atoms with Gasteiger partial charge in [-0.1, -0.05) is 49.9 Å². The number of carbonyl (C=O) groups is 1. The van der Waals surface area contributed by atoms with Gasteiger partial charge in [0.1, 0.15) is 11.5 Å². The molecule has 2 atom stereocenters. The molecule has 6 rings (SSSR count). The van der Waals surface area contributed by atoms with Crippen molar-refractivity contribution in [2.24, 2.45) is 0 Å². The third-order valence-corrected chi connectivity index (χ3v) is 7.11. The molecule has 3 aromatic carbocycles. The van der Waals surface area contributed by atoms with Crippen LogP contribution in [0.4, 0.5) is 0 Å². The highest BCUT2D eigenvalue weighted by molar-refractivity contribution is 7.86. The zero-order valence-electron chi connectivity index (χ0n) is 17.8. The van der Waals surface area contributed by atoms with Crippen LogP contribution >= 0.6 is 0 Å². The molecular formula is C26H27NO6S. The van der Waals surface area contributed by atoms with Crippen molar-refractivity contribution >= 4 is 16.0 Å². The van der Waals surface area contributed by atoms with Gasteiger partial charge in [0, 0.05) is 13.0 Å². The van der Waals surface area contributed by atoms with E-state index in [4.69, 9.17) is 13.7 Å². The summed E-state index contributed by atoms with van der Waals surface area (Å²) in [5.74, 6) is 1.07. The number of rotatable bonds is 4. The Morgan fingerprint density at radius 1 is 0.912 bits per heavy atom. The lowest BCUT2D eigenvalue weighted by molar-refractivity contribution is -0.135. The van der Waals surface area contributed by atoms with Gasteiger partial charge in [0.15, 0.2) is 6.10 Å². The summed E-state index contributed by atoms with van der Waals surface area (Å²) >= 11 is 0. The Kier molecular flexibility index (Phi) is 7.02. The predicted octanol–water partition coefficient (Wildman–Crippen LogP) is 4.52. The van der Waals surface area contributed by atoms with E-state index in [1.165, 1.54) is 12.1 Å². The topological polar surface area (TPSA) is 82.1 Å². The molecule has 4 bridgehead atoms. The molecule has 3 aliphatic rings. The Bertz CT molecular complexity index is 1230. The van der Waals surface area contributed by atoms with Crippen LogP contribution in [-0.2, 0) is 37.0 Å². The first-order valence-electron chi connectivity index (χ1n) is 10.7. The second-order valence-electron chi connectivity index (χ2n) is 8.11. The molecule has 0 aliphatic carbocycles. The maximum absolute atomic E-state index is 13.1. The minimum Gasteiger partial charge on any atom is -0.457 e. The van der Waals surface area contributed by atoms with Gasteiger partial charge in [0.2, 0.25) is 0 Å². The van der Waals surface area contributed by atoms with Gasteiger partial charge < -0.3 is 14.4 Å². The SMILES string of the molecule is C.O=C1C2CC(COCc3ccc(cc3)S(=O)(=O)O2)N1Cc1ccc(Oc2ccccc2)cc1. The summed E-state index contributed by atoms with van der Waals surface area (Å²) in [5.41, 5.74) is 1.75. The highest BCUT2D eigenvalue weighted by atomic mass is 32.2. The number of amides is 1. The number of benzene rings is 3. The van der Waals surface area contributed by atoms with Crippen LogP contribution in [0.3, 0.4) is 0 Å². The number of nitrogens with zero attached hydrogens (tertiary/aromatic N) is 1. The molecule has 0 saturated carbocycles. The van der Waals surface area contributed by atoms with Crippen LogP contribution < -0.4 is 4.74 Å². The molecule has 3 aliphatic heterocycles. The lowest BCUT2D eigenvalue weighted by atomic mass is 10.1. The molecule has 7 nitrogen and oxygen atoms in total. The van der Waals surface area contributed by atoms with Gasteiger partial charge in [-0.25, -0.2) is 0 Å². The van der Waals surface area contributed by atoms with Crippen molar-refractivity contribution in [1.29, 1.82) is 0 Å². The maximum Gasteiger partial charge on any atom is 0.297 e. The van der Waals surface area contributed by atoms with Gasteiger partial charge in [-0.2, -0.15) is 8.42 Å². The summed E-state index contributed by atoms with van der Waals surface area (Å²) in [5, 5.41) is 0. The second kappa shape index (κ2) is 9.97. The standard InChI is InChI=1S/C25H23NO6S.CH4/c27-25-24-14-20(17-30-16-19-8-12-23(13-9-19)33(28,29)32-24)26(25)15-18-6-10-22(11-7-18)31-21-4-2-1-3-5-21;/h1-13,20,24H,14-17H2;1H4. The van der Waals surface area contributed by atoms with Crippen molar-refractivity contribution in [3.05, 3.63) is 90.0 Å². The average molecular weight is 482 g/mol.